The fourth-order valence-corrected chi connectivity index (χ4v) is 1.13. The van der Waals surface area contributed by atoms with E-state index in [9.17, 15) is 25.0 Å². The maximum atomic E-state index is 10.9. The van der Waals surface area contributed by atoms with Crippen LogP contribution in [0, 0.1) is 20.2 Å². The number of carbonyl (C=O) groups is 1. The van der Waals surface area contributed by atoms with Crippen LogP contribution in [0.3, 0.4) is 0 Å². The average molecular weight is 236 g/mol. The second-order valence-electron chi connectivity index (χ2n) is 3.19. The van der Waals surface area contributed by atoms with Crippen LogP contribution in [-0.2, 0) is 4.79 Å². The van der Waals surface area contributed by atoms with E-state index in [1.54, 1.807) is 0 Å². The molecule has 7 heteroatoms. The number of benzene rings is 1. The molecule has 17 heavy (non-hydrogen) atoms. The first kappa shape index (κ1) is 12.5. The monoisotopic (exact) mass is 236 g/mol. The molecule has 0 aromatic heterocycles. The Kier molecular flexibility index (Phi) is 3.66. The van der Waals surface area contributed by atoms with Crippen molar-refractivity contribution in [2.75, 3.05) is 0 Å². The van der Waals surface area contributed by atoms with Crippen LogP contribution in [-0.4, -0.2) is 15.6 Å². The van der Waals surface area contributed by atoms with Gasteiger partial charge in [-0.05, 0) is 17.7 Å². The lowest BCUT2D eigenvalue weighted by atomic mass is 10.1. The van der Waals surface area contributed by atoms with Crippen LogP contribution < -0.4 is 0 Å². The van der Waals surface area contributed by atoms with Crippen LogP contribution in [0.25, 0.3) is 6.08 Å². The molecule has 0 aliphatic carbocycles. The molecule has 0 fully saturated rings. The number of ketones is 1. The Bertz CT molecular complexity index is 488. The van der Waals surface area contributed by atoms with Crippen molar-refractivity contribution in [2.24, 2.45) is 0 Å². The molecule has 0 saturated carbocycles. The molecule has 7 nitrogen and oxygen atoms in total. The van der Waals surface area contributed by atoms with Gasteiger partial charge in [-0.3, -0.25) is 25.0 Å². The largest absolute Gasteiger partial charge is 0.312 e. The normalized spacial score (nSPS) is 11.0. The van der Waals surface area contributed by atoms with Crippen molar-refractivity contribution in [3.05, 3.63) is 55.8 Å². The third kappa shape index (κ3) is 3.20. The van der Waals surface area contributed by atoms with Gasteiger partial charge in [-0.25, -0.2) is 0 Å². The van der Waals surface area contributed by atoms with Crippen molar-refractivity contribution in [3.8, 4) is 0 Å². The lowest BCUT2D eigenvalue weighted by Gasteiger charge is -1.95. The SMILES string of the molecule is CC(=O)C(=Cc1ccc([N+](=O)[O-])cc1)[N+](=O)[O-]. The molecule has 0 amide bonds. The topological polar surface area (TPSA) is 103 Å². The van der Waals surface area contributed by atoms with E-state index in [-0.39, 0.29) is 5.69 Å². The Morgan fingerprint density at radius 1 is 1.18 bits per heavy atom. The quantitative estimate of drug-likeness (QED) is 0.450. The minimum atomic E-state index is -0.788. The van der Waals surface area contributed by atoms with Gasteiger partial charge in [0, 0.05) is 25.1 Å². The predicted molar refractivity (Wildman–Crippen MR) is 58.7 cm³/mol. The molecule has 0 aliphatic heterocycles. The number of carbonyl (C=O) groups excluding carboxylic acids is 1. The van der Waals surface area contributed by atoms with E-state index in [0.717, 1.165) is 13.0 Å². The van der Waals surface area contributed by atoms with Gasteiger partial charge in [-0.1, -0.05) is 0 Å². The van der Waals surface area contributed by atoms with Gasteiger partial charge in [0.2, 0.25) is 5.78 Å². The Balaban J connectivity index is 3.09. The van der Waals surface area contributed by atoms with Gasteiger partial charge in [0.15, 0.2) is 0 Å². The molecule has 1 aromatic carbocycles. The van der Waals surface area contributed by atoms with E-state index in [2.05, 4.69) is 0 Å². The van der Waals surface area contributed by atoms with Gasteiger partial charge in [-0.15, -0.1) is 0 Å². The molecule has 0 saturated heterocycles. The number of non-ortho nitro benzene ring substituents is 1. The zero-order chi connectivity index (χ0) is 13.0. The number of rotatable bonds is 4. The highest BCUT2D eigenvalue weighted by atomic mass is 16.6. The van der Waals surface area contributed by atoms with Crippen LogP contribution in [0.4, 0.5) is 5.69 Å². The summed E-state index contributed by atoms with van der Waals surface area (Å²) in [7, 11) is 0. The summed E-state index contributed by atoms with van der Waals surface area (Å²) in [4.78, 5) is 30.5. The van der Waals surface area contributed by atoms with Crippen molar-refractivity contribution in [1.82, 2.24) is 0 Å². The maximum Gasteiger partial charge on any atom is 0.312 e. The van der Waals surface area contributed by atoms with Crippen LogP contribution >= 0.6 is 0 Å². The molecule has 1 aromatic rings. The van der Waals surface area contributed by atoms with Crippen LogP contribution in [0.5, 0.6) is 0 Å². The summed E-state index contributed by atoms with van der Waals surface area (Å²) in [5.74, 6) is -0.673. The van der Waals surface area contributed by atoms with Gasteiger partial charge in [0.25, 0.3) is 5.69 Å². The van der Waals surface area contributed by atoms with Gasteiger partial charge in [0.1, 0.15) is 0 Å². The van der Waals surface area contributed by atoms with Gasteiger partial charge in [0.05, 0.1) is 9.85 Å². The Hall–Kier alpha value is -2.57. The fourth-order valence-electron chi connectivity index (χ4n) is 1.13. The fraction of sp³-hybridized carbons (Fsp3) is 0.100. The summed E-state index contributed by atoms with van der Waals surface area (Å²) in [6.07, 6.45) is 1.08. The molecular weight excluding hydrogens is 228 g/mol. The number of nitro benzene ring substituents is 1. The van der Waals surface area contributed by atoms with Crippen LogP contribution in [0.15, 0.2) is 30.0 Å². The number of allylic oxidation sites excluding steroid dienone is 1. The highest BCUT2D eigenvalue weighted by Gasteiger charge is 2.16. The van der Waals surface area contributed by atoms with Crippen molar-refractivity contribution in [2.45, 2.75) is 6.92 Å². The van der Waals surface area contributed by atoms with E-state index in [1.165, 1.54) is 24.3 Å². The average Bonchev–Trinajstić information content (AvgIpc) is 2.25. The molecule has 0 N–H and O–H groups in total. The molecule has 0 spiro atoms. The summed E-state index contributed by atoms with van der Waals surface area (Å²) in [5.41, 5.74) is -0.316. The molecule has 0 atom stereocenters. The van der Waals surface area contributed by atoms with Gasteiger partial charge in [-0.2, -0.15) is 0 Å². The van der Waals surface area contributed by atoms with Crippen molar-refractivity contribution in [1.29, 1.82) is 0 Å². The lowest BCUT2D eigenvalue weighted by molar-refractivity contribution is -0.417. The Morgan fingerprint density at radius 3 is 2.06 bits per heavy atom. The molecule has 0 bridgehead atoms. The number of hydrogen-bond donors (Lipinski definition) is 0. The molecular formula is C10H8N2O5. The third-order valence-corrected chi connectivity index (χ3v) is 1.96. The Labute approximate surface area is 95.7 Å². The first-order valence-electron chi connectivity index (χ1n) is 4.53. The second-order valence-corrected chi connectivity index (χ2v) is 3.19. The number of Topliss-reactive ketones (excluding diaryl/α,β-unsaturated/α-hetero) is 1. The zero-order valence-electron chi connectivity index (χ0n) is 8.82. The van der Waals surface area contributed by atoms with E-state index in [1.807, 2.05) is 0 Å². The first-order chi connectivity index (χ1) is 7.91. The van der Waals surface area contributed by atoms with Crippen LogP contribution in [0.2, 0.25) is 0 Å². The molecule has 88 valence electrons. The number of hydrogen-bond acceptors (Lipinski definition) is 5. The standard InChI is InChI=1S/C10H8N2O5/c1-7(13)10(12(16)17)6-8-2-4-9(5-3-8)11(14)15/h2-6H,1H3. The molecule has 1 rings (SSSR count). The summed E-state index contributed by atoms with van der Waals surface area (Å²) < 4.78 is 0. The molecule has 0 aliphatic rings. The maximum absolute atomic E-state index is 10.9. The second kappa shape index (κ2) is 4.97. The summed E-state index contributed by atoms with van der Waals surface area (Å²) >= 11 is 0. The number of nitrogens with zero attached hydrogens (tertiary/aromatic N) is 2. The Morgan fingerprint density at radius 2 is 1.71 bits per heavy atom. The van der Waals surface area contributed by atoms with Crippen molar-refractivity contribution >= 4 is 17.5 Å². The van der Waals surface area contributed by atoms with E-state index < -0.39 is 21.3 Å². The van der Waals surface area contributed by atoms with Crippen LogP contribution in [0.1, 0.15) is 12.5 Å². The molecule has 0 radical (unpaired) electrons. The smallest absolute Gasteiger partial charge is 0.288 e. The third-order valence-electron chi connectivity index (χ3n) is 1.96. The van der Waals surface area contributed by atoms with E-state index in [0.29, 0.717) is 5.56 Å². The van der Waals surface area contributed by atoms with E-state index in [4.69, 9.17) is 0 Å². The predicted octanol–water partition coefficient (Wildman–Crippen LogP) is 1.80. The van der Waals surface area contributed by atoms with Crippen molar-refractivity contribution < 1.29 is 14.6 Å². The lowest BCUT2D eigenvalue weighted by Crippen LogP contribution is -2.07. The first-order valence-corrected chi connectivity index (χ1v) is 4.53. The number of nitro groups is 2. The highest BCUT2D eigenvalue weighted by molar-refractivity contribution is 5.95. The van der Waals surface area contributed by atoms with Gasteiger partial charge < -0.3 is 0 Å². The molecule has 0 unspecified atom stereocenters. The summed E-state index contributed by atoms with van der Waals surface area (Å²) in [5, 5.41) is 20.9. The minimum absolute atomic E-state index is 0.118. The summed E-state index contributed by atoms with van der Waals surface area (Å²) in [6.45, 7) is 1.08. The van der Waals surface area contributed by atoms with E-state index >= 15 is 0 Å². The van der Waals surface area contributed by atoms with Gasteiger partial charge >= 0.3 is 5.70 Å². The zero-order valence-corrected chi connectivity index (χ0v) is 8.82. The highest BCUT2D eigenvalue weighted by Crippen LogP contribution is 2.14. The molecule has 0 heterocycles. The summed E-state index contributed by atoms with van der Waals surface area (Å²) in [6, 6.07) is 5.10. The minimum Gasteiger partial charge on any atom is -0.288 e. The van der Waals surface area contributed by atoms with Crippen molar-refractivity contribution in [3.63, 3.8) is 0 Å².